The summed E-state index contributed by atoms with van der Waals surface area (Å²) in [5.41, 5.74) is 7.09. The minimum Gasteiger partial charge on any atom is -0.318 e. The van der Waals surface area contributed by atoms with E-state index in [1.54, 1.807) is 0 Å². The van der Waals surface area contributed by atoms with E-state index in [0.717, 1.165) is 11.4 Å². The molecule has 1 aromatic carbocycles. The Kier molecular flexibility index (Phi) is 4.03. The van der Waals surface area contributed by atoms with Crippen LogP contribution < -0.4 is 5.73 Å². The van der Waals surface area contributed by atoms with Crippen molar-refractivity contribution in [2.45, 2.75) is 44.1 Å². The van der Waals surface area contributed by atoms with Crippen LogP contribution in [-0.4, -0.2) is 15.2 Å². The first-order chi connectivity index (χ1) is 9.75. The van der Waals surface area contributed by atoms with Gasteiger partial charge in [0.15, 0.2) is 5.82 Å². The van der Waals surface area contributed by atoms with Crippen molar-refractivity contribution < 1.29 is 0 Å². The van der Waals surface area contributed by atoms with Crippen LogP contribution in [-0.2, 0) is 0 Å². The molecule has 0 amide bonds. The van der Waals surface area contributed by atoms with Gasteiger partial charge in [-0.2, -0.15) is 5.10 Å². The molecule has 4 nitrogen and oxygen atoms in total. The zero-order valence-corrected chi connectivity index (χ0v) is 12.1. The van der Waals surface area contributed by atoms with Crippen molar-refractivity contribution in [1.82, 2.24) is 15.2 Å². The molecule has 1 aliphatic carbocycles. The SMILES string of the molecule is N[C@@H](c1n[nH]c(C2CCCCC2)n1)c1ccccc1Cl. The van der Waals surface area contributed by atoms with Gasteiger partial charge in [0.2, 0.25) is 0 Å². The summed E-state index contributed by atoms with van der Waals surface area (Å²) in [4.78, 5) is 4.60. The third-order valence-electron chi connectivity index (χ3n) is 4.03. The number of aromatic amines is 1. The lowest BCUT2D eigenvalue weighted by Crippen LogP contribution is -2.14. The zero-order chi connectivity index (χ0) is 13.9. The first-order valence-corrected chi connectivity index (χ1v) is 7.55. The molecule has 0 bridgehead atoms. The molecule has 106 valence electrons. The Balaban J connectivity index is 1.81. The molecule has 1 aromatic heterocycles. The van der Waals surface area contributed by atoms with E-state index in [1.165, 1.54) is 32.1 Å². The predicted molar refractivity (Wildman–Crippen MR) is 79.7 cm³/mol. The highest BCUT2D eigenvalue weighted by atomic mass is 35.5. The second-order valence-corrected chi connectivity index (χ2v) is 5.82. The van der Waals surface area contributed by atoms with Crippen LogP contribution >= 0.6 is 11.6 Å². The van der Waals surface area contributed by atoms with Gasteiger partial charge in [-0.1, -0.05) is 49.1 Å². The molecule has 2 aromatic rings. The van der Waals surface area contributed by atoms with E-state index in [0.29, 0.717) is 16.8 Å². The second-order valence-electron chi connectivity index (χ2n) is 5.41. The lowest BCUT2D eigenvalue weighted by molar-refractivity contribution is 0.429. The highest BCUT2D eigenvalue weighted by molar-refractivity contribution is 6.31. The molecular formula is C15H19ClN4. The maximum atomic E-state index is 6.23. The van der Waals surface area contributed by atoms with Gasteiger partial charge < -0.3 is 5.73 Å². The molecule has 1 aliphatic rings. The average Bonchev–Trinajstić information content (AvgIpc) is 2.98. The predicted octanol–water partition coefficient (Wildman–Crippen LogP) is 3.55. The first-order valence-electron chi connectivity index (χ1n) is 7.18. The number of hydrogen-bond acceptors (Lipinski definition) is 3. The Morgan fingerprint density at radius 3 is 2.70 bits per heavy atom. The van der Waals surface area contributed by atoms with Crippen molar-refractivity contribution >= 4 is 11.6 Å². The molecule has 0 aliphatic heterocycles. The van der Waals surface area contributed by atoms with Crippen molar-refractivity contribution in [2.75, 3.05) is 0 Å². The minimum atomic E-state index is -0.378. The van der Waals surface area contributed by atoms with Gasteiger partial charge in [0.1, 0.15) is 5.82 Å². The number of halogens is 1. The van der Waals surface area contributed by atoms with E-state index in [9.17, 15) is 0 Å². The Morgan fingerprint density at radius 2 is 1.95 bits per heavy atom. The third-order valence-corrected chi connectivity index (χ3v) is 4.37. The van der Waals surface area contributed by atoms with Crippen LogP contribution in [0.25, 0.3) is 0 Å². The van der Waals surface area contributed by atoms with Crippen LogP contribution in [0.2, 0.25) is 5.02 Å². The van der Waals surface area contributed by atoms with E-state index in [2.05, 4.69) is 15.2 Å². The smallest absolute Gasteiger partial charge is 0.171 e. The molecular weight excluding hydrogens is 272 g/mol. The molecule has 3 rings (SSSR count). The number of rotatable bonds is 3. The van der Waals surface area contributed by atoms with Crippen LogP contribution in [0.4, 0.5) is 0 Å². The molecule has 1 fully saturated rings. The number of nitrogens with two attached hydrogens (primary N) is 1. The highest BCUT2D eigenvalue weighted by Crippen LogP contribution is 2.31. The normalized spacial score (nSPS) is 18.1. The van der Waals surface area contributed by atoms with E-state index < -0.39 is 0 Å². The Hall–Kier alpha value is -1.39. The Bertz CT molecular complexity index is 575. The summed E-state index contributed by atoms with van der Waals surface area (Å²) < 4.78 is 0. The molecule has 20 heavy (non-hydrogen) atoms. The van der Waals surface area contributed by atoms with Gasteiger partial charge >= 0.3 is 0 Å². The van der Waals surface area contributed by atoms with Crippen LogP contribution in [0.3, 0.4) is 0 Å². The number of H-pyrrole nitrogens is 1. The number of benzene rings is 1. The Labute approximate surface area is 123 Å². The van der Waals surface area contributed by atoms with E-state index in [1.807, 2.05) is 24.3 Å². The average molecular weight is 291 g/mol. The molecule has 3 N–H and O–H groups in total. The van der Waals surface area contributed by atoms with Crippen LogP contribution in [0.15, 0.2) is 24.3 Å². The minimum absolute atomic E-state index is 0.378. The van der Waals surface area contributed by atoms with E-state index in [-0.39, 0.29) is 6.04 Å². The van der Waals surface area contributed by atoms with Crippen LogP contribution in [0, 0.1) is 0 Å². The summed E-state index contributed by atoms with van der Waals surface area (Å²) in [5, 5.41) is 8.01. The standard InChI is InChI=1S/C15H19ClN4/c16-12-9-5-4-8-11(12)13(17)15-18-14(19-20-15)10-6-2-1-3-7-10/h4-5,8-10,13H,1-3,6-7,17H2,(H,18,19,20)/t13-/m1/s1. The fourth-order valence-electron chi connectivity index (χ4n) is 2.85. The maximum Gasteiger partial charge on any atom is 0.171 e. The maximum absolute atomic E-state index is 6.23. The van der Waals surface area contributed by atoms with Crippen molar-refractivity contribution in [1.29, 1.82) is 0 Å². The third kappa shape index (κ3) is 2.72. The van der Waals surface area contributed by atoms with Crippen molar-refractivity contribution in [3.63, 3.8) is 0 Å². The lowest BCUT2D eigenvalue weighted by Gasteiger charge is -2.18. The summed E-state index contributed by atoms with van der Waals surface area (Å²) in [6, 6.07) is 7.20. The summed E-state index contributed by atoms with van der Waals surface area (Å²) in [7, 11) is 0. The number of nitrogens with zero attached hydrogens (tertiary/aromatic N) is 2. The van der Waals surface area contributed by atoms with E-state index in [4.69, 9.17) is 17.3 Å². The summed E-state index contributed by atoms with van der Waals surface area (Å²) >= 11 is 6.18. The molecule has 1 saturated carbocycles. The van der Waals surface area contributed by atoms with Gasteiger partial charge in [-0.15, -0.1) is 0 Å². The summed E-state index contributed by atoms with van der Waals surface area (Å²) in [6.07, 6.45) is 6.26. The molecule has 1 heterocycles. The quantitative estimate of drug-likeness (QED) is 0.908. The molecule has 0 radical (unpaired) electrons. The van der Waals surface area contributed by atoms with Gasteiger partial charge in [-0.25, -0.2) is 4.98 Å². The molecule has 0 saturated heterocycles. The van der Waals surface area contributed by atoms with Crippen molar-refractivity contribution in [3.8, 4) is 0 Å². The molecule has 0 unspecified atom stereocenters. The van der Waals surface area contributed by atoms with Crippen LogP contribution in [0.5, 0.6) is 0 Å². The van der Waals surface area contributed by atoms with Gasteiger partial charge in [-0.3, -0.25) is 5.10 Å². The van der Waals surface area contributed by atoms with Gasteiger partial charge in [0.25, 0.3) is 0 Å². The number of aromatic nitrogens is 3. The van der Waals surface area contributed by atoms with Crippen molar-refractivity contribution in [2.24, 2.45) is 5.73 Å². The highest BCUT2D eigenvalue weighted by Gasteiger charge is 2.22. The Morgan fingerprint density at radius 1 is 1.20 bits per heavy atom. The molecule has 1 atom stereocenters. The summed E-state index contributed by atoms with van der Waals surface area (Å²) in [6.45, 7) is 0. The van der Waals surface area contributed by atoms with Crippen LogP contribution in [0.1, 0.15) is 61.3 Å². The second kappa shape index (κ2) is 5.94. The van der Waals surface area contributed by atoms with E-state index >= 15 is 0 Å². The lowest BCUT2D eigenvalue weighted by atomic mass is 9.89. The fraction of sp³-hybridized carbons (Fsp3) is 0.467. The zero-order valence-electron chi connectivity index (χ0n) is 11.3. The largest absolute Gasteiger partial charge is 0.318 e. The summed E-state index contributed by atoms with van der Waals surface area (Å²) in [5.74, 6) is 2.10. The van der Waals surface area contributed by atoms with Crippen molar-refractivity contribution in [3.05, 3.63) is 46.5 Å². The van der Waals surface area contributed by atoms with Gasteiger partial charge in [0.05, 0.1) is 6.04 Å². The fourth-order valence-corrected chi connectivity index (χ4v) is 3.11. The topological polar surface area (TPSA) is 67.6 Å². The first kappa shape index (κ1) is 13.6. The number of hydrogen-bond donors (Lipinski definition) is 2. The monoisotopic (exact) mass is 290 g/mol. The van der Waals surface area contributed by atoms with Gasteiger partial charge in [-0.05, 0) is 24.5 Å². The molecule has 5 heteroatoms. The van der Waals surface area contributed by atoms with Gasteiger partial charge in [0, 0.05) is 10.9 Å². The molecule has 0 spiro atoms. The number of nitrogens with one attached hydrogen (secondary N) is 1.